The van der Waals surface area contributed by atoms with Gasteiger partial charge in [0, 0.05) is 35.1 Å². The van der Waals surface area contributed by atoms with Crippen molar-refractivity contribution in [3.05, 3.63) is 229 Å². The summed E-state index contributed by atoms with van der Waals surface area (Å²) in [6.07, 6.45) is 3.97. The molecule has 0 saturated heterocycles. The molecule has 13 rings (SSSR count). The predicted molar refractivity (Wildman–Crippen MR) is 245 cm³/mol. The Bertz CT molecular complexity index is 3280. The van der Waals surface area contributed by atoms with E-state index >= 15 is 0 Å². The zero-order valence-electron chi connectivity index (χ0n) is 32.1. The number of rotatable bonds is 3. The summed E-state index contributed by atoms with van der Waals surface area (Å²) in [6.45, 7) is 0.0300. The van der Waals surface area contributed by atoms with Gasteiger partial charge in [-0.25, -0.2) is 0 Å². The average molecular weight is 749 g/mol. The second-order valence-corrected chi connectivity index (χ2v) is 16.0. The van der Waals surface area contributed by atoms with Gasteiger partial charge in [0.15, 0.2) is 0 Å². The first-order valence-corrected chi connectivity index (χ1v) is 20.5. The van der Waals surface area contributed by atoms with Crippen LogP contribution < -0.4 is 37.7 Å². The minimum atomic E-state index is -0.572. The molecule has 0 amide bonds. The fourth-order valence-electron chi connectivity index (χ4n) is 11.2. The molecule has 10 aromatic rings. The van der Waals surface area contributed by atoms with Crippen LogP contribution in [-0.4, -0.2) is 28.0 Å². The zero-order valence-corrected chi connectivity index (χ0v) is 32.1. The third kappa shape index (κ3) is 4.30. The lowest BCUT2D eigenvalue weighted by Gasteiger charge is -2.51. The molecule has 0 atom stereocenters. The SMILES string of the molecule is c1ccc(N2c3ccccc3B3c4ccccc4C4(c5ccccc5B(c5cnc6c7ncccc7n(-c7ccccc7)c6c5)c5ccccc54)c4cccc2c43)cc1. The van der Waals surface area contributed by atoms with Crippen molar-refractivity contribution in [2.45, 2.75) is 5.41 Å². The molecule has 0 saturated carbocycles. The number of hydrogen-bond donors (Lipinski definition) is 0. The summed E-state index contributed by atoms with van der Waals surface area (Å²) in [5, 5.41) is 0. The van der Waals surface area contributed by atoms with Crippen molar-refractivity contribution in [2.24, 2.45) is 0 Å². The summed E-state index contributed by atoms with van der Waals surface area (Å²) >= 11 is 0. The fourth-order valence-corrected chi connectivity index (χ4v) is 11.2. The Balaban J connectivity index is 1.11. The molecule has 0 radical (unpaired) electrons. The van der Waals surface area contributed by atoms with Crippen LogP contribution in [0.3, 0.4) is 0 Å². The van der Waals surface area contributed by atoms with E-state index in [4.69, 9.17) is 9.97 Å². The van der Waals surface area contributed by atoms with Crippen molar-refractivity contribution >= 4 is 85.3 Å². The summed E-state index contributed by atoms with van der Waals surface area (Å²) in [7, 11) is 0. The molecule has 59 heavy (non-hydrogen) atoms. The van der Waals surface area contributed by atoms with Crippen molar-refractivity contribution in [1.29, 1.82) is 0 Å². The van der Waals surface area contributed by atoms with Crippen LogP contribution in [0.5, 0.6) is 0 Å². The van der Waals surface area contributed by atoms with Gasteiger partial charge in [0.1, 0.15) is 11.0 Å². The van der Waals surface area contributed by atoms with Crippen LogP contribution in [0.4, 0.5) is 17.1 Å². The van der Waals surface area contributed by atoms with E-state index in [2.05, 4.69) is 204 Å². The largest absolute Gasteiger partial charge is 0.312 e. The lowest BCUT2D eigenvalue weighted by molar-refractivity contribution is 0.757. The first kappa shape index (κ1) is 32.6. The van der Waals surface area contributed by atoms with Crippen LogP contribution >= 0.6 is 0 Å². The highest BCUT2D eigenvalue weighted by Crippen LogP contribution is 2.49. The first-order valence-electron chi connectivity index (χ1n) is 20.5. The Morgan fingerprint density at radius 3 is 1.64 bits per heavy atom. The molecule has 1 spiro atoms. The maximum absolute atomic E-state index is 5.26. The van der Waals surface area contributed by atoms with Gasteiger partial charge in [-0.2, -0.15) is 0 Å². The quantitative estimate of drug-likeness (QED) is 0.177. The molecule has 0 unspecified atom stereocenters. The number of fused-ring (bicyclic) bond motifs is 13. The molecule has 3 aliphatic rings. The number of hydrogen-bond acceptors (Lipinski definition) is 3. The highest BCUT2D eigenvalue weighted by Gasteiger charge is 2.55. The van der Waals surface area contributed by atoms with Gasteiger partial charge in [0.25, 0.3) is 0 Å². The van der Waals surface area contributed by atoms with Gasteiger partial charge in [-0.1, -0.05) is 156 Å². The van der Waals surface area contributed by atoms with E-state index in [1.54, 1.807) is 0 Å². The van der Waals surface area contributed by atoms with E-state index in [1.165, 1.54) is 60.9 Å². The molecule has 7 aromatic carbocycles. The summed E-state index contributed by atoms with van der Waals surface area (Å²) in [6, 6.07) is 71.8. The topological polar surface area (TPSA) is 34.0 Å². The molecular formula is C53H34B2N4. The molecule has 6 heterocycles. The predicted octanol–water partition coefficient (Wildman–Crippen LogP) is 7.40. The van der Waals surface area contributed by atoms with Crippen molar-refractivity contribution in [3.8, 4) is 5.69 Å². The fraction of sp³-hybridized carbons (Fsp3) is 0.0189. The van der Waals surface area contributed by atoms with Gasteiger partial charge in [0.2, 0.25) is 13.4 Å². The second-order valence-electron chi connectivity index (χ2n) is 16.0. The lowest BCUT2D eigenvalue weighted by atomic mass is 9.26. The molecule has 4 nitrogen and oxygen atoms in total. The Hall–Kier alpha value is -7.43. The van der Waals surface area contributed by atoms with Crippen LogP contribution in [0.2, 0.25) is 0 Å². The van der Waals surface area contributed by atoms with Crippen LogP contribution in [0.15, 0.2) is 207 Å². The zero-order chi connectivity index (χ0) is 38.7. The van der Waals surface area contributed by atoms with Gasteiger partial charge in [0.05, 0.1) is 16.4 Å². The number of nitrogens with zero attached hydrogens (tertiary/aromatic N) is 4. The molecule has 3 aromatic heterocycles. The Morgan fingerprint density at radius 1 is 0.407 bits per heavy atom. The van der Waals surface area contributed by atoms with E-state index in [9.17, 15) is 0 Å². The summed E-state index contributed by atoms with van der Waals surface area (Å²) in [5.74, 6) is 0. The highest BCUT2D eigenvalue weighted by molar-refractivity contribution is 6.99. The summed E-state index contributed by atoms with van der Waals surface area (Å²) < 4.78 is 2.32. The minimum Gasteiger partial charge on any atom is -0.312 e. The van der Waals surface area contributed by atoms with Crippen molar-refractivity contribution in [2.75, 3.05) is 4.90 Å². The van der Waals surface area contributed by atoms with E-state index in [0.717, 1.165) is 38.9 Å². The first-order chi connectivity index (χ1) is 29.3. The molecule has 0 bridgehead atoms. The number of anilines is 3. The van der Waals surface area contributed by atoms with Crippen LogP contribution in [-0.2, 0) is 5.41 Å². The molecular weight excluding hydrogens is 714 g/mol. The van der Waals surface area contributed by atoms with E-state index in [-0.39, 0.29) is 13.4 Å². The monoisotopic (exact) mass is 748 g/mol. The smallest absolute Gasteiger partial charge is 0.247 e. The third-order valence-corrected chi connectivity index (χ3v) is 13.3. The van der Waals surface area contributed by atoms with E-state index in [0.29, 0.717) is 0 Å². The maximum atomic E-state index is 5.26. The average Bonchev–Trinajstić information content (AvgIpc) is 3.64. The van der Waals surface area contributed by atoms with E-state index < -0.39 is 5.41 Å². The van der Waals surface area contributed by atoms with Crippen LogP contribution in [0, 0.1) is 0 Å². The number of pyridine rings is 2. The Labute approximate surface area is 343 Å². The summed E-state index contributed by atoms with van der Waals surface area (Å²) in [4.78, 5) is 12.6. The molecule has 3 aliphatic heterocycles. The standard InChI is InChI=1S/C53H34B2N4/c1-3-17-36(18-4-1)58-46-29-14-13-28-45(46)55-44-27-12-9-23-40(44)53(41-24-15-30-47(58)50(41)55)38-21-7-10-25-42(38)54(43-26-11-8-22-39(43)53)35-33-49-52(57-34-35)51-48(31-16-32-56-51)59(49)37-19-5-2-6-20-37/h1-34H. The van der Waals surface area contributed by atoms with Crippen molar-refractivity contribution in [1.82, 2.24) is 14.5 Å². The van der Waals surface area contributed by atoms with Gasteiger partial charge in [-0.3, -0.25) is 9.97 Å². The van der Waals surface area contributed by atoms with Gasteiger partial charge in [-0.15, -0.1) is 0 Å². The maximum Gasteiger partial charge on any atom is 0.247 e. The molecule has 0 N–H and O–H groups in total. The number of para-hydroxylation sites is 3. The van der Waals surface area contributed by atoms with Gasteiger partial charge < -0.3 is 9.47 Å². The second kappa shape index (κ2) is 12.3. The molecule has 272 valence electrons. The number of aromatic nitrogens is 3. The van der Waals surface area contributed by atoms with Crippen LogP contribution in [0.1, 0.15) is 22.3 Å². The number of benzene rings is 7. The lowest BCUT2D eigenvalue weighted by Crippen LogP contribution is -2.69. The summed E-state index contributed by atoms with van der Waals surface area (Å²) in [5.41, 5.74) is 21.2. The van der Waals surface area contributed by atoms with E-state index in [1.807, 2.05) is 12.3 Å². The third-order valence-electron chi connectivity index (χ3n) is 13.3. The Morgan fingerprint density at radius 2 is 0.949 bits per heavy atom. The van der Waals surface area contributed by atoms with Crippen molar-refractivity contribution in [3.63, 3.8) is 0 Å². The van der Waals surface area contributed by atoms with Gasteiger partial charge >= 0.3 is 0 Å². The Kier molecular flexibility index (Phi) is 6.80. The minimum absolute atomic E-state index is 0.0499. The normalized spacial score (nSPS) is 14.1. The molecule has 0 aliphatic carbocycles. The molecule has 6 heteroatoms. The highest BCUT2D eigenvalue weighted by atomic mass is 15.2. The van der Waals surface area contributed by atoms with Crippen LogP contribution in [0.25, 0.3) is 27.8 Å². The van der Waals surface area contributed by atoms with Gasteiger partial charge in [-0.05, 0) is 93.2 Å². The van der Waals surface area contributed by atoms with Crippen molar-refractivity contribution < 1.29 is 0 Å². The molecule has 0 fully saturated rings.